The maximum atomic E-state index is 9.47. The number of nitrogens with zero attached hydrogens (tertiary/aromatic N) is 2. The van der Waals surface area contributed by atoms with Gasteiger partial charge in [-0.05, 0) is 46.0 Å². The summed E-state index contributed by atoms with van der Waals surface area (Å²) in [5.74, 6) is 0. The van der Waals surface area contributed by atoms with Crippen LogP contribution < -0.4 is 5.73 Å². The van der Waals surface area contributed by atoms with Crippen molar-refractivity contribution in [3.8, 4) is 11.1 Å². The summed E-state index contributed by atoms with van der Waals surface area (Å²) >= 11 is 0. The van der Waals surface area contributed by atoms with Crippen LogP contribution in [0.15, 0.2) is 103 Å². The van der Waals surface area contributed by atoms with Crippen molar-refractivity contribution < 1.29 is 14.6 Å². The Balaban J connectivity index is 1.28. The summed E-state index contributed by atoms with van der Waals surface area (Å²) in [4.78, 5) is 4.55. The molecule has 0 bridgehead atoms. The monoisotopic (exact) mass is 505 g/mol. The fourth-order valence-electron chi connectivity index (χ4n) is 5.12. The van der Waals surface area contributed by atoms with Gasteiger partial charge in [0.05, 0.1) is 42.7 Å². The smallest absolute Gasteiger partial charge is 0.184 e. The molecule has 1 fully saturated rings. The van der Waals surface area contributed by atoms with Gasteiger partial charge in [-0.3, -0.25) is 0 Å². The summed E-state index contributed by atoms with van der Waals surface area (Å²) in [5, 5.41) is 9.47. The van der Waals surface area contributed by atoms with Crippen LogP contribution >= 0.6 is 0 Å². The van der Waals surface area contributed by atoms with E-state index in [0.29, 0.717) is 19.5 Å². The van der Waals surface area contributed by atoms with E-state index in [4.69, 9.17) is 15.2 Å². The minimum absolute atomic E-state index is 0.0222. The summed E-state index contributed by atoms with van der Waals surface area (Å²) < 4.78 is 15.2. The number of rotatable bonds is 7. The van der Waals surface area contributed by atoms with Gasteiger partial charge in [0.25, 0.3) is 0 Å². The van der Waals surface area contributed by atoms with Gasteiger partial charge in [-0.1, -0.05) is 78.9 Å². The second kappa shape index (κ2) is 10.9. The van der Waals surface area contributed by atoms with Crippen molar-refractivity contribution in [2.75, 3.05) is 0 Å². The number of hydrogen-bond acceptors (Lipinski definition) is 5. The zero-order chi connectivity index (χ0) is 25.9. The highest BCUT2D eigenvalue weighted by Crippen LogP contribution is 2.39. The molecule has 6 rings (SSSR count). The van der Waals surface area contributed by atoms with E-state index in [1.54, 1.807) is 0 Å². The first-order valence-electron chi connectivity index (χ1n) is 13.0. The molecule has 0 aliphatic carbocycles. The SMILES string of the molecule is NCc1cccc(-c2ccc(C3OC(Cn4cnc5ccccc54)CC(c4ccc(CO)cc4)O3)cc2)c1. The number of fused-ring (bicyclic) bond motifs is 1. The van der Waals surface area contributed by atoms with Gasteiger partial charge in [0.2, 0.25) is 0 Å². The molecule has 6 heteroatoms. The molecule has 0 spiro atoms. The van der Waals surface area contributed by atoms with E-state index in [2.05, 4.69) is 52.0 Å². The molecule has 5 aromatic rings. The van der Waals surface area contributed by atoms with Crippen molar-refractivity contribution in [1.82, 2.24) is 9.55 Å². The fourth-order valence-corrected chi connectivity index (χ4v) is 5.12. The molecule has 192 valence electrons. The molecule has 1 aromatic heterocycles. The predicted molar refractivity (Wildman–Crippen MR) is 148 cm³/mol. The van der Waals surface area contributed by atoms with Crippen LogP contribution in [0.3, 0.4) is 0 Å². The number of aliphatic hydroxyl groups excluding tert-OH is 1. The van der Waals surface area contributed by atoms with E-state index in [0.717, 1.165) is 44.4 Å². The molecule has 6 nitrogen and oxygen atoms in total. The molecular formula is C32H31N3O3. The summed E-state index contributed by atoms with van der Waals surface area (Å²) in [6.45, 7) is 1.22. The largest absolute Gasteiger partial charge is 0.392 e. The third-order valence-electron chi connectivity index (χ3n) is 7.22. The lowest BCUT2D eigenvalue weighted by Gasteiger charge is -2.36. The third kappa shape index (κ3) is 5.12. The Labute approximate surface area is 222 Å². The highest BCUT2D eigenvalue weighted by Gasteiger charge is 2.32. The summed E-state index contributed by atoms with van der Waals surface area (Å²) in [6, 6.07) is 32.8. The van der Waals surface area contributed by atoms with Crippen molar-refractivity contribution >= 4 is 11.0 Å². The number of benzene rings is 4. The van der Waals surface area contributed by atoms with Gasteiger partial charge >= 0.3 is 0 Å². The van der Waals surface area contributed by atoms with Crippen LogP contribution in [-0.4, -0.2) is 20.8 Å². The maximum Gasteiger partial charge on any atom is 0.184 e. The topological polar surface area (TPSA) is 82.5 Å². The van der Waals surface area contributed by atoms with Crippen LogP contribution in [-0.2, 0) is 29.2 Å². The van der Waals surface area contributed by atoms with Crippen molar-refractivity contribution in [3.05, 3.63) is 126 Å². The number of para-hydroxylation sites is 2. The van der Waals surface area contributed by atoms with Gasteiger partial charge in [-0.25, -0.2) is 4.98 Å². The van der Waals surface area contributed by atoms with Crippen LogP contribution in [0, 0.1) is 0 Å². The molecule has 38 heavy (non-hydrogen) atoms. The minimum atomic E-state index is -0.504. The van der Waals surface area contributed by atoms with Crippen LogP contribution in [0.25, 0.3) is 22.2 Å². The Morgan fingerprint density at radius 2 is 1.61 bits per heavy atom. The standard InChI is InChI=1S/C32H31N3O3/c33-18-23-4-3-5-27(16-23)24-12-14-26(15-13-24)32-37-28(19-35-21-34-29-6-1-2-7-30(29)35)17-31(38-32)25-10-8-22(20-36)9-11-25/h1-16,21,28,31-32,36H,17-20,33H2. The Morgan fingerprint density at radius 1 is 0.816 bits per heavy atom. The number of nitrogens with two attached hydrogens (primary N) is 1. The second-order valence-corrected chi connectivity index (χ2v) is 9.76. The van der Waals surface area contributed by atoms with E-state index in [1.165, 1.54) is 0 Å². The normalized spacial score (nSPS) is 19.6. The Morgan fingerprint density at radius 3 is 2.39 bits per heavy atom. The number of aromatic nitrogens is 2. The first kappa shape index (κ1) is 24.5. The highest BCUT2D eigenvalue weighted by atomic mass is 16.7. The molecule has 0 radical (unpaired) electrons. The molecule has 2 heterocycles. The Kier molecular flexibility index (Phi) is 7.03. The zero-order valence-corrected chi connectivity index (χ0v) is 21.1. The van der Waals surface area contributed by atoms with Crippen LogP contribution in [0.4, 0.5) is 0 Å². The van der Waals surface area contributed by atoms with E-state index in [9.17, 15) is 5.11 Å². The van der Waals surface area contributed by atoms with Crippen molar-refractivity contribution in [2.45, 2.75) is 44.6 Å². The van der Waals surface area contributed by atoms with Gasteiger partial charge in [-0.2, -0.15) is 0 Å². The van der Waals surface area contributed by atoms with Gasteiger partial charge < -0.3 is 24.9 Å². The van der Waals surface area contributed by atoms with Gasteiger partial charge in [-0.15, -0.1) is 0 Å². The average molecular weight is 506 g/mol. The molecule has 0 saturated carbocycles. The van der Waals surface area contributed by atoms with E-state index in [-0.39, 0.29) is 18.8 Å². The van der Waals surface area contributed by atoms with Crippen LogP contribution in [0.1, 0.15) is 41.1 Å². The van der Waals surface area contributed by atoms with Gasteiger partial charge in [0.1, 0.15) is 0 Å². The number of hydrogen-bond donors (Lipinski definition) is 2. The summed E-state index contributed by atoms with van der Waals surface area (Å²) in [5.41, 5.74) is 14.2. The zero-order valence-electron chi connectivity index (χ0n) is 21.1. The number of ether oxygens (including phenoxy) is 2. The van der Waals surface area contributed by atoms with Crippen LogP contribution in [0.2, 0.25) is 0 Å². The molecular weight excluding hydrogens is 474 g/mol. The Hall–Kier alpha value is -3.81. The first-order chi connectivity index (χ1) is 18.7. The molecule has 4 aromatic carbocycles. The lowest BCUT2D eigenvalue weighted by atomic mass is 9.99. The van der Waals surface area contributed by atoms with Gasteiger partial charge in [0, 0.05) is 18.5 Å². The average Bonchev–Trinajstić information content (AvgIpc) is 3.39. The lowest BCUT2D eigenvalue weighted by Crippen LogP contribution is -2.32. The van der Waals surface area contributed by atoms with Crippen molar-refractivity contribution in [1.29, 1.82) is 0 Å². The van der Waals surface area contributed by atoms with E-state index < -0.39 is 6.29 Å². The van der Waals surface area contributed by atoms with Gasteiger partial charge in [0.15, 0.2) is 6.29 Å². The third-order valence-corrected chi connectivity index (χ3v) is 7.22. The molecule has 1 aliphatic rings. The molecule has 3 unspecified atom stereocenters. The fraction of sp³-hybridized carbons (Fsp3) is 0.219. The molecule has 1 aliphatic heterocycles. The summed E-state index contributed by atoms with van der Waals surface area (Å²) in [7, 11) is 0. The lowest BCUT2D eigenvalue weighted by molar-refractivity contribution is -0.252. The first-order valence-corrected chi connectivity index (χ1v) is 13.0. The maximum absolute atomic E-state index is 9.47. The molecule has 3 atom stereocenters. The highest BCUT2D eigenvalue weighted by molar-refractivity contribution is 5.74. The second-order valence-electron chi connectivity index (χ2n) is 9.76. The predicted octanol–water partition coefficient (Wildman–Crippen LogP) is 5.90. The molecule has 1 saturated heterocycles. The molecule has 0 amide bonds. The van der Waals surface area contributed by atoms with E-state index in [1.807, 2.05) is 60.9 Å². The quantitative estimate of drug-likeness (QED) is 0.288. The number of aliphatic hydroxyl groups is 1. The Bertz CT molecular complexity index is 1510. The molecule has 3 N–H and O–H groups in total. The van der Waals surface area contributed by atoms with E-state index >= 15 is 0 Å². The van der Waals surface area contributed by atoms with Crippen molar-refractivity contribution in [3.63, 3.8) is 0 Å². The van der Waals surface area contributed by atoms with Crippen molar-refractivity contribution in [2.24, 2.45) is 5.73 Å². The summed E-state index contributed by atoms with van der Waals surface area (Å²) in [6.07, 6.45) is 1.88. The number of imidazole rings is 1. The van der Waals surface area contributed by atoms with Crippen LogP contribution in [0.5, 0.6) is 0 Å². The minimum Gasteiger partial charge on any atom is -0.392 e.